The monoisotopic (exact) mass is 647 g/mol. The summed E-state index contributed by atoms with van der Waals surface area (Å²) in [5.41, 5.74) is 10.2. The molecule has 0 saturated heterocycles. The lowest BCUT2D eigenvalue weighted by Crippen LogP contribution is -2.09. The number of amides is 2. The van der Waals surface area contributed by atoms with Gasteiger partial charge in [-0.15, -0.1) is 0 Å². The van der Waals surface area contributed by atoms with Gasteiger partial charge in [0, 0.05) is 12.8 Å². The third-order valence-corrected chi connectivity index (χ3v) is 8.87. The van der Waals surface area contributed by atoms with E-state index in [1.54, 1.807) is 0 Å². The van der Waals surface area contributed by atoms with E-state index in [0.717, 1.165) is 25.7 Å². The van der Waals surface area contributed by atoms with Crippen LogP contribution in [0.2, 0.25) is 0 Å². The van der Waals surface area contributed by atoms with Crippen molar-refractivity contribution < 1.29 is 9.59 Å². The molecule has 0 aliphatic heterocycles. The summed E-state index contributed by atoms with van der Waals surface area (Å²) in [7, 11) is 0. The van der Waals surface area contributed by atoms with Crippen LogP contribution in [0.25, 0.3) is 0 Å². The van der Waals surface area contributed by atoms with E-state index in [0.29, 0.717) is 12.8 Å². The normalized spacial score (nSPS) is 12.9. The van der Waals surface area contributed by atoms with Gasteiger partial charge in [-0.3, -0.25) is 9.59 Å². The fraction of sp³-hybridized carbons (Fsp3) is 0.857. The second-order valence-corrected chi connectivity index (χ2v) is 13.7. The number of hydrogen-bond acceptors (Lipinski definition) is 2. The molecule has 1 fully saturated rings. The lowest BCUT2D eigenvalue weighted by molar-refractivity contribution is -0.119. The van der Waals surface area contributed by atoms with Gasteiger partial charge in [0.05, 0.1) is 0 Å². The van der Waals surface area contributed by atoms with Crippen molar-refractivity contribution in [3.05, 3.63) is 24.3 Å². The zero-order valence-corrected chi connectivity index (χ0v) is 31.3. The average Bonchev–Trinajstić information content (AvgIpc) is 3.06. The Morgan fingerprint density at radius 3 is 0.826 bits per heavy atom. The highest BCUT2D eigenvalue weighted by molar-refractivity contribution is 5.73. The molecular weight excluding hydrogens is 564 g/mol. The maximum atomic E-state index is 10.5. The molecule has 0 spiro atoms. The largest absolute Gasteiger partial charge is 0.370 e. The van der Waals surface area contributed by atoms with Crippen molar-refractivity contribution in [2.75, 3.05) is 0 Å². The van der Waals surface area contributed by atoms with E-state index in [1.807, 2.05) is 0 Å². The zero-order chi connectivity index (χ0) is 34.0. The minimum Gasteiger partial charge on any atom is -0.370 e. The van der Waals surface area contributed by atoms with Crippen LogP contribution in [-0.4, -0.2) is 11.8 Å². The first-order chi connectivity index (χ1) is 22.5. The Kier molecular flexibility index (Phi) is 43.9. The van der Waals surface area contributed by atoms with E-state index in [2.05, 4.69) is 38.2 Å². The maximum absolute atomic E-state index is 10.5. The lowest BCUT2D eigenvalue weighted by atomic mass is 10.0. The smallest absolute Gasteiger partial charge is 0.217 e. The van der Waals surface area contributed by atoms with Gasteiger partial charge < -0.3 is 11.5 Å². The first-order valence-electron chi connectivity index (χ1n) is 20.4. The Morgan fingerprint density at radius 2 is 0.587 bits per heavy atom. The third-order valence-electron chi connectivity index (χ3n) is 8.87. The highest BCUT2D eigenvalue weighted by Gasteiger charge is 1.97. The SMILES string of the molecule is C1CCCCC1.CCCCCCCC/C=C\CCCCCCCC(N)=O.CCCCCCCC/C=C\CCCCCCCC(N)=O. The van der Waals surface area contributed by atoms with Gasteiger partial charge in [0.15, 0.2) is 0 Å². The number of unbranched alkanes of at least 4 members (excludes halogenated alkanes) is 22. The van der Waals surface area contributed by atoms with Crippen molar-refractivity contribution in [1.82, 2.24) is 0 Å². The van der Waals surface area contributed by atoms with Gasteiger partial charge in [-0.2, -0.15) is 0 Å². The van der Waals surface area contributed by atoms with E-state index >= 15 is 0 Å². The molecule has 4 N–H and O–H groups in total. The van der Waals surface area contributed by atoms with Gasteiger partial charge in [0.1, 0.15) is 0 Å². The summed E-state index contributed by atoms with van der Waals surface area (Å²) in [6.07, 6.45) is 52.8. The number of nitrogens with two attached hydrogens (primary N) is 2. The Labute approximate surface area is 288 Å². The van der Waals surface area contributed by atoms with Crippen LogP contribution in [0.5, 0.6) is 0 Å². The van der Waals surface area contributed by atoms with Gasteiger partial charge >= 0.3 is 0 Å². The molecule has 0 heterocycles. The van der Waals surface area contributed by atoms with E-state index in [9.17, 15) is 9.59 Å². The quantitative estimate of drug-likeness (QED) is 0.0601. The summed E-state index contributed by atoms with van der Waals surface area (Å²) < 4.78 is 0. The molecule has 4 heteroatoms. The Bertz CT molecular complexity index is 593. The topological polar surface area (TPSA) is 86.2 Å². The van der Waals surface area contributed by atoms with Crippen LogP contribution < -0.4 is 11.5 Å². The molecule has 0 aromatic carbocycles. The molecule has 0 atom stereocenters. The van der Waals surface area contributed by atoms with Crippen LogP contribution >= 0.6 is 0 Å². The summed E-state index contributed by atoms with van der Waals surface area (Å²) in [5, 5.41) is 0. The van der Waals surface area contributed by atoms with E-state index in [4.69, 9.17) is 11.5 Å². The molecule has 46 heavy (non-hydrogen) atoms. The third kappa shape index (κ3) is 49.3. The molecule has 0 aromatic rings. The molecule has 4 nitrogen and oxygen atoms in total. The van der Waals surface area contributed by atoms with Crippen LogP contribution in [-0.2, 0) is 9.59 Å². The highest BCUT2D eigenvalue weighted by atomic mass is 16.1. The number of allylic oxidation sites excluding steroid dienone is 4. The summed E-state index contributed by atoms with van der Waals surface area (Å²) in [6.45, 7) is 4.53. The molecule has 0 unspecified atom stereocenters. The fourth-order valence-electron chi connectivity index (χ4n) is 5.80. The zero-order valence-electron chi connectivity index (χ0n) is 31.3. The van der Waals surface area contributed by atoms with Gasteiger partial charge in [-0.1, -0.05) is 179 Å². The molecule has 1 saturated carbocycles. The molecule has 0 bridgehead atoms. The lowest BCUT2D eigenvalue weighted by Gasteiger charge is -2.05. The first-order valence-corrected chi connectivity index (χ1v) is 20.4. The van der Waals surface area contributed by atoms with Crippen molar-refractivity contribution in [1.29, 1.82) is 0 Å². The van der Waals surface area contributed by atoms with Gasteiger partial charge in [-0.25, -0.2) is 0 Å². The molecule has 2 amide bonds. The van der Waals surface area contributed by atoms with E-state index in [1.165, 1.54) is 180 Å². The molecule has 272 valence electrons. The molecular formula is C42H82N2O2. The number of hydrogen-bond donors (Lipinski definition) is 2. The molecule has 1 aliphatic rings. The summed E-state index contributed by atoms with van der Waals surface area (Å²) >= 11 is 0. The van der Waals surface area contributed by atoms with Crippen LogP contribution in [0.4, 0.5) is 0 Å². The number of carbonyl (C=O) groups excluding carboxylic acids is 2. The van der Waals surface area contributed by atoms with Crippen molar-refractivity contribution in [3.8, 4) is 0 Å². The summed E-state index contributed by atoms with van der Waals surface area (Å²) in [5.74, 6) is -0.328. The maximum Gasteiger partial charge on any atom is 0.217 e. The van der Waals surface area contributed by atoms with E-state index < -0.39 is 0 Å². The number of carbonyl (C=O) groups is 2. The summed E-state index contributed by atoms with van der Waals surface area (Å²) in [4.78, 5) is 21.1. The Balaban J connectivity index is 0. The molecule has 1 aliphatic carbocycles. The Morgan fingerprint density at radius 1 is 0.370 bits per heavy atom. The van der Waals surface area contributed by atoms with Gasteiger partial charge in [0.2, 0.25) is 11.8 Å². The van der Waals surface area contributed by atoms with E-state index in [-0.39, 0.29) is 11.8 Å². The second-order valence-electron chi connectivity index (χ2n) is 13.7. The van der Waals surface area contributed by atoms with Crippen molar-refractivity contribution in [2.45, 2.75) is 232 Å². The van der Waals surface area contributed by atoms with Gasteiger partial charge in [-0.05, 0) is 64.2 Å². The van der Waals surface area contributed by atoms with Crippen molar-refractivity contribution >= 4 is 11.8 Å². The van der Waals surface area contributed by atoms with Crippen LogP contribution in [0.1, 0.15) is 232 Å². The second kappa shape index (κ2) is 43.4. The standard InChI is InChI=1S/2C18H35NO.C6H12/c2*1-2-3-4-5-6-7-8-9-10-11-12-13-14-15-16-17-18(19)20;1-2-4-6-5-3-1/h2*9-10H,2-8,11-17H2,1H3,(H2,19,20);1-6H2/b2*10-9-;. The summed E-state index contributed by atoms with van der Waals surface area (Å²) in [6, 6.07) is 0. The average molecular weight is 647 g/mol. The van der Waals surface area contributed by atoms with Crippen LogP contribution in [0, 0.1) is 0 Å². The van der Waals surface area contributed by atoms with Crippen molar-refractivity contribution in [3.63, 3.8) is 0 Å². The first kappa shape index (κ1) is 46.5. The molecule has 0 aromatic heterocycles. The minimum atomic E-state index is -0.164. The van der Waals surface area contributed by atoms with Crippen molar-refractivity contribution in [2.24, 2.45) is 11.5 Å². The predicted octanol–water partition coefficient (Wildman–Crippen LogP) is 13.4. The van der Waals surface area contributed by atoms with Gasteiger partial charge in [0.25, 0.3) is 0 Å². The van der Waals surface area contributed by atoms with Crippen LogP contribution in [0.3, 0.4) is 0 Å². The number of primary amides is 2. The number of rotatable bonds is 30. The molecule has 0 radical (unpaired) electrons. The minimum absolute atomic E-state index is 0.164. The van der Waals surface area contributed by atoms with Crippen LogP contribution in [0.15, 0.2) is 24.3 Å². The fourth-order valence-corrected chi connectivity index (χ4v) is 5.80. The molecule has 1 rings (SSSR count). The predicted molar refractivity (Wildman–Crippen MR) is 205 cm³/mol. The Hall–Kier alpha value is -1.58. The highest BCUT2D eigenvalue weighted by Crippen LogP contribution is 2.15.